The third-order valence-electron chi connectivity index (χ3n) is 2.61. The number of nitrogens with zero attached hydrogens (tertiary/aromatic N) is 1. The van der Waals surface area contributed by atoms with Crippen molar-refractivity contribution in [2.75, 3.05) is 14.2 Å². The zero-order chi connectivity index (χ0) is 12.6. The van der Waals surface area contributed by atoms with Crippen molar-refractivity contribution in [3.63, 3.8) is 0 Å². The second-order valence-corrected chi connectivity index (χ2v) is 4.43. The fourth-order valence-corrected chi connectivity index (χ4v) is 2.02. The van der Waals surface area contributed by atoms with Crippen LogP contribution in [0.1, 0.15) is 16.1 Å². The summed E-state index contributed by atoms with van der Waals surface area (Å²) in [5.74, 6) is 0.514. The molecule has 0 N–H and O–H groups in total. The van der Waals surface area contributed by atoms with Crippen molar-refractivity contribution in [1.82, 2.24) is 5.06 Å². The summed E-state index contributed by atoms with van der Waals surface area (Å²) in [6.07, 6.45) is 0. The van der Waals surface area contributed by atoms with E-state index in [0.29, 0.717) is 11.1 Å². The second kappa shape index (κ2) is 4.50. The number of carbonyl (C=O) groups excluding carboxylic acids is 1. The molecular formula is C12H12BrNO3. The first-order valence-electron chi connectivity index (χ1n) is 5.06. The van der Waals surface area contributed by atoms with Crippen LogP contribution in [0.3, 0.4) is 0 Å². The molecule has 5 heteroatoms. The van der Waals surface area contributed by atoms with Gasteiger partial charge in [0.15, 0.2) is 0 Å². The summed E-state index contributed by atoms with van der Waals surface area (Å²) in [4.78, 5) is 16.9. The van der Waals surface area contributed by atoms with Gasteiger partial charge in [-0.05, 0) is 35.0 Å². The molecule has 1 heterocycles. The molecule has 0 spiro atoms. The summed E-state index contributed by atoms with van der Waals surface area (Å²) in [7, 11) is 3.01. The predicted octanol–water partition coefficient (Wildman–Crippen LogP) is 3.14. The first-order chi connectivity index (χ1) is 8.06. The van der Waals surface area contributed by atoms with Crippen molar-refractivity contribution >= 4 is 32.8 Å². The molecule has 90 valence electrons. The van der Waals surface area contributed by atoms with E-state index in [1.54, 1.807) is 13.1 Å². The Hall–Kier alpha value is -1.33. The number of hydrogen-bond donors (Lipinski definition) is 0. The summed E-state index contributed by atoms with van der Waals surface area (Å²) >= 11 is 3.44. The SMILES string of the molecule is CON(C)C(=O)c1cccc2c(Br)c(C)oc12. The van der Waals surface area contributed by atoms with Crippen LogP contribution >= 0.6 is 15.9 Å². The number of halogens is 1. The van der Waals surface area contributed by atoms with Gasteiger partial charge in [0.05, 0.1) is 17.1 Å². The molecule has 4 nitrogen and oxygen atoms in total. The smallest absolute Gasteiger partial charge is 0.280 e. The van der Waals surface area contributed by atoms with Gasteiger partial charge in [-0.1, -0.05) is 6.07 Å². The maximum Gasteiger partial charge on any atom is 0.280 e. The number of rotatable bonds is 2. The maximum atomic E-state index is 12.0. The molecule has 17 heavy (non-hydrogen) atoms. The van der Waals surface area contributed by atoms with E-state index in [2.05, 4.69) is 15.9 Å². The fourth-order valence-electron chi connectivity index (χ4n) is 1.63. The molecule has 0 fully saturated rings. The van der Waals surface area contributed by atoms with Crippen molar-refractivity contribution in [2.45, 2.75) is 6.92 Å². The van der Waals surface area contributed by atoms with Crippen molar-refractivity contribution in [3.8, 4) is 0 Å². The normalized spacial score (nSPS) is 10.8. The van der Waals surface area contributed by atoms with Gasteiger partial charge in [-0.2, -0.15) is 0 Å². The molecule has 0 saturated carbocycles. The minimum absolute atomic E-state index is 0.237. The summed E-state index contributed by atoms with van der Waals surface area (Å²) < 4.78 is 6.47. The first kappa shape index (κ1) is 12.1. The van der Waals surface area contributed by atoms with Crippen LogP contribution in [0.15, 0.2) is 27.1 Å². The van der Waals surface area contributed by atoms with E-state index in [1.165, 1.54) is 12.2 Å². The standard InChI is InChI=1S/C12H12BrNO3/c1-7-10(13)8-5-4-6-9(11(8)17-7)12(15)14(2)16-3/h4-6H,1-3H3. The fraction of sp³-hybridized carbons (Fsp3) is 0.250. The lowest BCUT2D eigenvalue weighted by atomic mass is 10.1. The van der Waals surface area contributed by atoms with Gasteiger partial charge in [0.2, 0.25) is 0 Å². The molecule has 0 aliphatic carbocycles. The molecule has 1 aromatic heterocycles. The topological polar surface area (TPSA) is 42.7 Å². The van der Waals surface area contributed by atoms with Gasteiger partial charge < -0.3 is 4.42 Å². The Morgan fingerprint density at radius 1 is 1.47 bits per heavy atom. The van der Waals surface area contributed by atoms with E-state index in [9.17, 15) is 4.79 Å². The number of amides is 1. The largest absolute Gasteiger partial charge is 0.459 e. The minimum atomic E-state index is -0.237. The maximum absolute atomic E-state index is 12.0. The molecule has 2 rings (SSSR count). The van der Waals surface area contributed by atoms with E-state index >= 15 is 0 Å². The van der Waals surface area contributed by atoms with Gasteiger partial charge in [0.1, 0.15) is 11.3 Å². The molecule has 0 unspecified atom stereocenters. The molecule has 0 aliphatic heterocycles. The van der Waals surface area contributed by atoms with Gasteiger partial charge in [-0.15, -0.1) is 0 Å². The molecule has 0 saturated heterocycles. The van der Waals surface area contributed by atoms with Crippen LogP contribution < -0.4 is 0 Å². The average molecular weight is 298 g/mol. The van der Waals surface area contributed by atoms with E-state index in [1.807, 2.05) is 19.1 Å². The Morgan fingerprint density at radius 3 is 2.82 bits per heavy atom. The van der Waals surface area contributed by atoms with Gasteiger partial charge in [0, 0.05) is 12.4 Å². The Kier molecular flexibility index (Phi) is 3.22. The van der Waals surface area contributed by atoms with Crippen LogP contribution in [0.25, 0.3) is 11.0 Å². The lowest BCUT2D eigenvalue weighted by Gasteiger charge is -2.13. The molecule has 2 aromatic rings. The Labute approximate surface area is 107 Å². The van der Waals surface area contributed by atoms with E-state index in [-0.39, 0.29) is 5.91 Å². The van der Waals surface area contributed by atoms with Gasteiger partial charge in [-0.3, -0.25) is 9.63 Å². The summed E-state index contributed by atoms with van der Waals surface area (Å²) in [5, 5.41) is 2.05. The monoisotopic (exact) mass is 297 g/mol. The summed E-state index contributed by atoms with van der Waals surface area (Å²) in [6, 6.07) is 5.44. The van der Waals surface area contributed by atoms with Crippen LogP contribution in [0, 0.1) is 6.92 Å². The van der Waals surface area contributed by atoms with Gasteiger partial charge in [-0.25, -0.2) is 5.06 Å². The van der Waals surface area contributed by atoms with E-state index in [0.717, 1.165) is 15.6 Å². The molecule has 1 aromatic carbocycles. The number of furan rings is 1. The van der Waals surface area contributed by atoms with Crippen LogP contribution in [0.5, 0.6) is 0 Å². The average Bonchev–Trinajstić information content (AvgIpc) is 2.63. The lowest BCUT2D eigenvalue weighted by Crippen LogP contribution is -2.25. The summed E-state index contributed by atoms with van der Waals surface area (Å²) in [5.41, 5.74) is 1.06. The Bertz CT molecular complexity index is 576. The minimum Gasteiger partial charge on any atom is -0.459 e. The van der Waals surface area contributed by atoms with Crippen LogP contribution in [-0.4, -0.2) is 25.1 Å². The number of carbonyl (C=O) groups is 1. The zero-order valence-corrected chi connectivity index (χ0v) is 11.4. The third-order valence-corrected chi connectivity index (χ3v) is 3.59. The lowest BCUT2D eigenvalue weighted by molar-refractivity contribution is -0.0756. The molecule has 0 atom stereocenters. The predicted molar refractivity (Wildman–Crippen MR) is 67.8 cm³/mol. The van der Waals surface area contributed by atoms with Crippen LogP contribution in [-0.2, 0) is 4.84 Å². The van der Waals surface area contributed by atoms with Crippen LogP contribution in [0.2, 0.25) is 0 Å². The third kappa shape index (κ3) is 1.96. The highest BCUT2D eigenvalue weighted by Crippen LogP contribution is 2.32. The quantitative estimate of drug-likeness (QED) is 0.800. The van der Waals surface area contributed by atoms with Gasteiger partial charge >= 0.3 is 0 Å². The highest BCUT2D eigenvalue weighted by atomic mass is 79.9. The summed E-state index contributed by atoms with van der Waals surface area (Å²) in [6.45, 7) is 1.85. The number of hydrogen-bond acceptors (Lipinski definition) is 3. The Morgan fingerprint density at radius 2 is 2.18 bits per heavy atom. The number of fused-ring (bicyclic) bond motifs is 1. The highest BCUT2D eigenvalue weighted by Gasteiger charge is 2.19. The number of para-hydroxylation sites is 1. The number of aryl methyl sites for hydroxylation is 1. The van der Waals surface area contributed by atoms with Crippen molar-refractivity contribution < 1.29 is 14.0 Å². The van der Waals surface area contributed by atoms with Crippen molar-refractivity contribution in [3.05, 3.63) is 34.0 Å². The van der Waals surface area contributed by atoms with E-state index in [4.69, 9.17) is 9.25 Å². The molecular weight excluding hydrogens is 286 g/mol. The number of benzene rings is 1. The molecule has 0 radical (unpaired) electrons. The Balaban J connectivity index is 2.63. The molecule has 0 aliphatic rings. The van der Waals surface area contributed by atoms with Crippen molar-refractivity contribution in [1.29, 1.82) is 0 Å². The highest BCUT2D eigenvalue weighted by molar-refractivity contribution is 9.10. The van der Waals surface area contributed by atoms with Crippen LogP contribution in [0.4, 0.5) is 0 Å². The van der Waals surface area contributed by atoms with E-state index < -0.39 is 0 Å². The first-order valence-corrected chi connectivity index (χ1v) is 5.85. The second-order valence-electron chi connectivity index (χ2n) is 3.64. The van der Waals surface area contributed by atoms with Gasteiger partial charge in [0.25, 0.3) is 5.91 Å². The molecule has 1 amide bonds. The van der Waals surface area contributed by atoms with Crippen molar-refractivity contribution in [2.24, 2.45) is 0 Å². The molecule has 0 bridgehead atoms. The zero-order valence-electron chi connectivity index (χ0n) is 9.78. The number of hydroxylamine groups is 2.